The van der Waals surface area contributed by atoms with Gasteiger partial charge in [0, 0.05) is 52.1 Å². The summed E-state index contributed by atoms with van der Waals surface area (Å²) in [4.78, 5) is 0. The molecule has 0 unspecified atom stereocenters. The Labute approximate surface area is 64.4 Å². The molecule has 5 heavy (non-hydrogen) atoms. The predicted molar refractivity (Wildman–Crippen MR) is 12.2 cm³/mol. The van der Waals surface area contributed by atoms with Crippen LogP contribution in [0.4, 0.5) is 0 Å². The van der Waals surface area contributed by atoms with Gasteiger partial charge in [0.1, 0.15) is 0 Å². The van der Waals surface area contributed by atoms with Crippen LogP contribution in [0.5, 0.6) is 0 Å². The van der Waals surface area contributed by atoms with Gasteiger partial charge in [-0.05, 0) is 0 Å². The van der Waals surface area contributed by atoms with Gasteiger partial charge in [-0.25, -0.2) is 0 Å². The molecule has 0 saturated heterocycles. The molecule has 29 valence electrons. The van der Waals surface area contributed by atoms with Crippen molar-refractivity contribution in [3.63, 3.8) is 0 Å². The first-order valence-corrected chi connectivity index (χ1v) is 0.236. The molecule has 0 aromatic rings. The Morgan fingerprint density at radius 2 is 1.20 bits per heavy atom. The van der Waals surface area contributed by atoms with Gasteiger partial charge in [-0.1, -0.05) is 0 Å². The molecule has 3 radical (unpaired) electrons. The maximum atomic E-state index is 7.75. The van der Waals surface area contributed by atoms with E-state index in [1.165, 1.54) is 0 Å². The molecule has 0 aliphatic heterocycles. The molecular formula is BCoLiNiO. The van der Waals surface area contributed by atoms with Gasteiger partial charge in [-0.2, -0.15) is 0 Å². The first-order valence-electron chi connectivity index (χ1n) is 0.236. The van der Waals surface area contributed by atoms with Crippen LogP contribution in [0.3, 0.4) is 0 Å². The molecule has 0 atom stereocenters. The second-order valence-electron chi connectivity index (χ2n) is 0. The third-order valence-electron chi connectivity index (χ3n) is 0. The van der Waals surface area contributed by atoms with Crippen molar-refractivity contribution in [1.82, 2.24) is 0 Å². The molecule has 0 aliphatic carbocycles. The van der Waals surface area contributed by atoms with Crippen LogP contribution in [0.2, 0.25) is 0 Å². The molecular weight excluding hydrogens is 151 g/mol. The van der Waals surface area contributed by atoms with E-state index in [0.29, 0.717) is 0 Å². The summed E-state index contributed by atoms with van der Waals surface area (Å²) < 4.78 is 7.75. The van der Waals surface area contributed by atoms with Crippen molar-refractivity contribution >= 4 is 26.6 Å². The van der Waals surface area contributed by atoms with Gasteiger partial charge >= 0.3 is 12.4 Å². The van der Waals surface area contributed by atoms with Crippen LogP contribution < -0.4 is 0 Å². The van der Waals surface area contributed by atoms with Crippen molar-refractivity contribution in [3.05, 3.63) is 0 Å². The molecule has 5 heteroatoms. The molecule has 0 rings (SSSR count). The second-order valence-corrected chi connectivity index (χ2v) is 0. The number of hydrogen-bond donors (Lipinski definition) is 0. The van der Waals surface area contributed by atoms with Crippen LogP contribution in [0.15, 0.2) is 0 Å². The first kappa shape index (κ1) is 31.8. The van der Waals surface area contributed by atoms with Crippen molar-refractivity contribution in [2.75, 3.05) is 0 Å². The zero-order chi connectivity index (χ0) is 2.00. The van der Waals surface area contributed by atoms with Gasteiger partial charge in [0.25, 0.3) is 0 Å². The van der Waals surface area contributed by atoms with Gasteiger partial charge in [-0.15, -0.1) is 0 Å². The summed E-state index contributed by atoms with van der Waals surface area (Å²) in [6.07, 6.45) is 0. The number of hydrogen-bond acceptors (Lipinski definition) is 1. The molecule has 0 amide bonds. The van der Waals surface area contributed by atoms with E-state index in [1.807, 2.05) is 0 Å². The van der Waals surface area contributed by atoms with Gasteiger partial charge in [0.2, 0.25) is 0 Å². The molecule has 0 heterocycles. The Morgan fingerprint density at radius 3 is 1.20 bits per heavy atom. The Balaban J connectivity index is -0.00000000167. The molecule has 0 N–H and O–H groups in total. The molecule has 0 saturated carbocycles. The van der Waals surface area contributed by atoms with E-state index in [2.05, 4.69) is 7.72 Å². The fourth-order valence-electron chi connectivity index (χ4n) is 0. The topological polar surface area (TPSA) is 17.1 Å². The molecule has 0 aromatic carbocycles. The minimum absolute atomic E-state index is 0. The van der Waals surface area contributed by atoms with Crippen molar-refractivity contribution in [3.8, 4) is 0 Å². The molecule has 0 spiro atoms. The van der Waals surface area contributed by atoms with E-state index < -0.39 is 0 Å². The van der Waals surface area contributed by atoms with E-state index >= 15 is 0 Å². The molecule has 0 aromatic heterocycles. The zero-order valence-electron chi connectivity index (χ0n) is 2.64. The van der Waals surface area contributed by atoms with E-state index in [1.54, 1.807) is 0 Å². The SMILES string of the molecule is [B]=O.[Co].[Li].[Ni]. The van der Waals surface area contributed by atoms with Crippen molar-refractivity contribution in [1.29, 1.82) is 0 Å². The van der Waals surface area contributed by atoms with Crippen LogP contribution in [0, 0.1) is 0 Å². The normalized spacial score (nSPS) is 0.600. The Hall–Kier alpha value is 1.46. The average molecular weight is 151 g/mol. The van der Waals surface area contributed by atoms with Gasteiger partial charge in [0.05, 0.1) is 0 Å². The summed E-state index contributed by atoms with van der Waals surface area (Å²) in [6, 6.07) is 0. The average Bonchev–Trinajstić information content (AvgIpc) is 1.00. The van der Waals surface area contributed by atoms with E-state index in [0.717, 1.165) is 0 Å². The third-order valence-corrected chi connectivity index (χ3v) is 0. The van der Waals surface area contributed by atoms with Crippen LogP contribution in [0.25, 0.3) is 0 Å². The van der Waals surface area contributed by atoms with Gasteiger partial charge < -0.3 is 0 Å². The van der Waals surface area contributed by atoms with Crippen LogP contribution >= 0.6 is 0 Å². The van der Waals surface area contributed by atoms with E-state index in [9.17, 15) is 0 Å². The maximum Gasteiger partial charge on any atom is 0 e. The summed E-state index contributed by atoms with van der Waals surface area (Å²) in [5.74, 6) is 0. The smallest absolute Gasteiger partial charge is 0 e. The largest absolute Gasteiger partial charge is 0 e. The van der Waals surface area contributed by atoms with Crippen molar-refractivity contribution in [2.45, 2.75) is 0 Å². The number of rotatable bonds is 0. The predicted octanol–water partition coefficient (Wildman–Crippen LogP) is -0.885. The van der Waals surface area contributed by atoms with E-state index in [-0.39, 0.29) is 52.1 Å². The fourth-order valence-corrected chi connectivity index (χ4v) is 0. The monoisotopic (exact) mass is 151 g/mol. The minimum atomic E-state index is 0. The summed E-state index contributed by atoms with van der Waals surface area (Å²) in [6.45, 7) is 0. The summed E-state index contributed by atoms with van der Waals surface area (Å²) >= 11 is 0. The van der Waals surface area contributed by atoms with Crippen LogP contribution in [0.1, 0.15) is 0 Å². The van der Waals surface area contributed by atoms with Gasteiger partial charge in [0.15, 0.2) is 0 Å². The Kier molecular flexibility index (Phi) is 324. The Morgan fingerprint density at radius 1 is 1.20 bits per heavy atom. The minimum Gasteiger partial charge on any atom is 0 e. The van der Waals surface area contributed by atoms with Crippen LogP contribution in [-0.2, 0) is 38.0 Å². The second kappa shape index (κ2) is 50.9. The zero-order valence-corrected chi connectivity index (χ0v) is 4.66. The standard InChI is InChI=1S/BO.Co.Li.Ni/c1-2;;;. The molecule has 0 fully saturated rings. The third kappa shape index (κ3) is 30.6. The van der Waals surface area contributed by atoms with Crippen LogP contribution in [-0.4, -0.2) is 26.6 Å². The van der Waals surface area contributed by atoms with Crippen molar-refractivity contribution in [2.24, 2.45) is 0 Å². The molecule has 0 aliphatic rings. The van der Waals surface area contributed by atoms with Crippen molar-refractivity contribution < 1.29 is 38.0 Å². The maximum absolute atomic E-state index is 7.75. The molecule has 1 nitrogen and oxygen atoms in total. The summed E-state index contributed by atoms with van der Waals surface area (Å²) in [5, 5.41) is 0. The van der Waals surface area contributed by atoms with Gasteiger partial charge in [-0.3, -0.25) is 0 Å². The Bertz CT molecular complexity index is 11.6. The first-order chi connectivity index (χ1) is 1.00. The summed E-state index contributed by atoms with van der Waals surface area (Å²) in [5.41, 5.74) is 0. The summed E-state index contributed by atoms with van der Waals surface area (Å²) in [7, 11) is 3.25. The quantitative estimate of drug-likeness (QED) is 0.411. The fraction of sp³-hybridized carbons (Fsp3) is 0. The molecule has 0 bridgehead atoms. The van der Waals surface area contributed by atoms with E-state index in [4.69, 9.17) is 4.70 Å².